The number of benzene rings is 1. The summed E-state index contributed by atoms with van der Waals surface area (Å²) < 4.78 is 0.817. The Balaban J connectivity index is 1.89. The second-order valence-corrected chi connectivity index (χ2v) is 6.80. The number of aromatic nitrogens is 1. The lowest BCUT2D eigenvalue weighted by molar-refractivity contribution is -0.120. The van der Waals surface area contributed by atoms with Crippen LogP contribution in [0, 0.1) is 0 Å². The van der Waals surface area contributed by atoms with Crippen LogP contribution in [0.4, 0.5) is 0 Å². The fourth-order valence-corrected chi connectivity index (χ4v) is 3.56. The number of ketones is 1. The van der Waals surface area contributed by atoms with Crippen molar-refractivity contribution >= 4 is 34.8 Å². The molecular formula is C16H18N2O2S2. The van der Waals surface area contributed by atoms with Crippen LogP contribution in [0.3, 0.4) is 0 Å². The van der Waals surface area contributed by atoms with Gasteiger partial charge in [0.25, 0.3) is 0 Å². The highest BCUT2D eigenvalue weighted by Gasteiger charge is 2.10. The average molecular weight is 334 g/mol. The van der Waals surface area contributed by atoms with E-state index in [1.165, 1.54) is 28.7 Å². The summed E-state index contributed by atoms with van der Waals surface area (Å²) in [6.07, 6.45) is 1.25. The van der Waals surface area contributed by atoms with Gasteiger partial charge in [0.05, 0.1) is 17.9 Å². The third-order valence-corrected chi connectivity index (χ3v) is 5.23. The van der Waals surface area contributed by atoms with Crippen LogP contribution in [0.2, 0.25) is 0 Å². The number of Topliss-reactive ketones (excluding diaryl/α,β-unsaturated/α-hetero) is 1. The number of carbonyl (C=O) groups excluding carboxylic acids is 2. The predicted octanol–water partition coefficient (Wildman–Crippen LogP) is 2.97. The number of hydrogen-bond donors (Lipinski definition) is 1. The predicted molar refractivity (Wildman–Crippen MR) is 90.8 cm³/mol. The quantitative estimate of drug-likeness (QED) is 0.625. The number of hydrogen-bond acceptors (Lipinski definition) is 5. The van der Waals surface area contributed by atoms with Crippen molar-refractivity contribution in [2.45, 2.75) is 24.1 Å². The van der Waals surface area contributed by atoms with Gasteiger partial charge in [-0.05, 0) is 12.0 Å². The monoisotopic (exact) mass is 334 g/mol. The van der Waals surface area contributed by atoms with Crippen molar-refractivity contribution in [3.63, 3.8) is 0 Å². The van der Waals surface area contributed by atoms with Gasteiger partial charge in [0.15, 0.2) is 10.1 Å². The van der Waals surface area contributed by atoms with Crippen LogP contribution in [0.25, 0.3) is 0 Å². The lowest BCUT2D eigenvalue weighted by Gasteiger charge is -2.01. The molecule has 0 saturated carbocycles. The number of amides is 1. The van der Waals surface area contributed by atoms with Crippen LogP contribution >= 0.6 is 23.1 Å². The fraction of sp³-hybridized carbons (Fsp3) is 0.312. The molecule has 0 aliphatic heterocycles. The topological polar surface area (TPSA) is 59.1 Å². The zero-order valence-corrected chi connectivity index (χ0v) is 14.2. The third-order valence-electron chi connectivity index (χ3n) is 3.16. The fourth-order valence-electron chi connectivity index (χ4n) is 1.83. The van der Waals surface area contributed by atoms with E-state index in [0.29, 0.717) is 5.75 Å². The third kappa shape index (κ3) is 4.68. The van der Waals surface area contributed by atoms with E-state index in [0.717, 1.165) is 22.0 Å². The average Bonchev–Trinajstić information content (AvgIpc) is 3.00. The zero-order valence-electron chi connectivity index (χ0n) is 12.6. The maximum atomic E-state index is 12.1. The highest BCUT2D eigenvalue weighted by molar-refractivity contribution is 8.01. The second kappa shape index (κ2) is 8.10. The van der Waals surface area contributed by atoms with Crippen LogP contribution in [0.1, 0.15) is 28.5 Å². The minimum Gasteiger partial charge on any atom is -0.359 e. The summed E-state index contributed by atoms with van der Waals surface area (Å²) in [5, 5.41) is 4.43. The van der Waals surface area contributed by atoms with Gasteiger partial charge in [-0.15, -0.1) is 11.3 Å². The summed E-state index contributed by atoms with van der Waals surface area (Å²) in [7, 11) is 1.60. The molecule has 0 aliphatic rings. The molecule has 1 N–H and O–H groups in total. The summed E-state index contributed by atoms with van der Waals surface area (Å²) >= 11 is 2.88. The lowest BCUT2D eigenvalue weighted by atomic mass is 10.1. The summed E-state index contributed by atoms with van der Waals surface area (Å²) in [6, 6.07) is 7.73. The Hall–Kier alpha value is -1.66. The Morgan fingerprint density at radius 3 is 2.64 bits per heavy atom. The molecule has 0 aliphatic carbocycles. The first-order valence-corrected chi connectivity index (χ1v) is 8.88. The van der Waals surface area contributed by atoms with Gasteiger partial charge in [0.2, 0.25) is 5.91 Å². The SMILES string of the molecule is CCc1ccc(C(=O)CSc2nc(CC(=O)NC)cs2)cc1. The molecule has 0 unspecified atom stereocenters. The van der Waals surface area contributed by atoms with Crippen LogP contribution < -0.4 is 5.32 Å². The molecule has 0 radical (unpaired) electrons. The van der Waals surface area contributed by atoms with Gasteiger partial charge in [-0.25, -0.2) is 4.98 Å². The van der Waals surface area contributed by atoms with Crippen molar-refractivity contribution in [1.82, 2.24) is 10.3 Å². The van der Waals surface area contributed by atoms with Crippen LogP contribution in [0.5, 0.6) is 0 Å². The first-order chi connectivity index (χ1) is 10.6. The van der Waals surface area contributed by atoms with Gasteiger partial charge < -0.3 is 5.32 Å². The number of thiazole rings is 1. The number of rotatable bonds is 7. The zero-order chi connectivity index (χ0) is 15.9. The number of nitrogens with zero attached hydrogens (tertiary/aromatic N) is 1. The molecule has 0 fully saturated rings. The Bertz CT molecular complexity index is 650. The van der Waals surface area contributed by atoms with Gasteiger partial charge in [0.1, 0.15) is 0 Å². The number of nitrogens with one attached hydrogen (secondary N) is 1. The highest BCUT2D eigenvalue weighted by Crippen LogP contribution is 2.24. The molecule has 1 amide bonds. The lowest BCUT2D eigenvalue weighted by Crippen LogP contribution is -2.20. The molecule has 2 rings (SSSR count). The van der Waals surface area contributed by atoms with E-state index in [-0.39, 0.29) is 18.1 Å². The van der Waals surface area contributed by atoms with Gasteiger partial charge in [-0.3, -0.25) is 9.59 Å². The molecule has 0 spiro atoms. The van der Waals surface area contributed by atoms with E-state index in [1.54, 1.807) is 7.05 Å². The van der Waals surface area contributed by atoms with E-state index < -0.39 is 0 Å². The van der Waals surface area contributed by atoms with Crippen molar-refractivity contribution < 1.29 is 9.59 Å². The Morgan fingerprint density at radius 1 is 1.27 bits per heavy atom. The minimum atomic E-state index is -0.0612. The number of aryl methyl sites for hydroxylation is 1. The molecule has 6 heteroatoms. The molecule has 1 aromatic heterocycles. The molecule has 0 bridgehead atoms. The summed E-state index contributed by atoms with van der Waals surface area (Å²) in [6.45, 7) is 2.09. The number of carbonyl (C=O) groups is 2. The molecule has 116 valence electrons. The first kappa shape index (κ1) is 16.7. The van der Waals surface area contributed by atoms with Crippen molar-refractivity contribution in [3.05, 3.63) is 46.5 Å². The van der Waals surface area contributed by atoms with Gasteiger partial charge in [-0.1, -0.05) is 43.0 Å². The molecule has 4 nitrogen and oxygen atoms in total. The van der Waals surface area contributed by atoms with Crippen molar-refractivity contribution in [2.75, 3.05) is 12.8 Å². The molecule has 0 atom stereocenters. The van der Waals surface area contributed by atoms with Crippen LogP contribution in [-0.2, 0) is 17.6 Å². The van der Waals surface area contributed by atoms with E-state index in [4.69, 9.17) is 0 Å². The first-order valence-electron chi connectivity index (χ1n) is 7.02. The van der Waals surface area contributed by atoms with Gasteiger partial charge >= 0.3 is 0 Å². The maximum Gasteiger partial charge on any atom is 0.225 e. The number of thioether (sulfide) groups is 1. The van der Waals surface area contributed by atoms with Crippen molar-refractivity contribution in [1.29, 1.82) is 0 Å². The maximum absolute atomic E-state index is 12.1. The second-order valence-electron chi connectivity index (χ2n) is 4.72. The smallest absolute Gasteiger partial charge is 0.225 e. The summed E-state index contributed by atoms with van der Waals surface area (Å²) in [5.41, 5.74) is 2.70. The summed E-state index contributed by atoms with van der Waals surface area (Å²) in [4.78, 5) is 27.8. The largest absolute Gasteiger partial charge is 0.359 e. The Labute approximate surface area is 138 Å². The van der Waals surface area contributed by atoms with Crippen LogP contribution in [-0.4, -0.2) is 29.5 Å². The van der Waals surface area contributed by atoms with E-state index in [1.807, 2.05) is 29.6 Å². The van der Waals surface area contributed by atoms with Crippen molar-refractivity contribution in [3.8, 4) is 0 Å². The van der Waals surface area contributed by atoms with Crippen molar-refractivity contribution in [2.24, 2.45) is 0 Å². The molecule has 0 saturated heterocycles. The standard InChI is InChI=1S/C16H18N2O2S2/c1-3-11-4-6-12(7-5-11)14(19)10-22-16-18-13(9-21-16)8-15(20)17-2/h4-7,9H,3,8,10H2,1-2H3,(H,17,20). The summed E-state index contributed by atoms with van der Waals surface area (Å²) in [5.74, 6) is 0.392. The Morgan fingerprint density at radius 2 is 2.00 bits per heavy atom. The molecule has 22 heavy (non-hydrogen) atoms. The Kier molecular flexibility index (Phi) is 6.15. The molecular weight excluding hydrogens is 316 g/mol. The van der Waals surface area contributed by atoms with E-state index >= 15 is 0 Å². The van der Waals surface area contributed by atoms with E-state index in [9.17, 15) is 9.59 Å². The van der Waals surface area contributed by atoms with Gasteiger partial charge in [0, 0.05) is 18.0 Å². The van der Waals surface area contributed by atoms with Crippen LogP contribution in [0.15, 0.2) is 34.0 Å². The molecule has 1 heterocycles. The minimum absolute atomic E-state index is 0.0612. The van der Waals surface area contributed by atoms with E-state index in [2.05, 4.69) is 17.2 Å². The van der Waals surface area contributed by atoms with Gasteiger partial charge in [-0.2, -0.15) is 0 Å². The molecule has 2 aromatic rings. The number of likely N-dealkylation sites (N-methyl/N-ethyl adjacent to an activating group) is 1. The molecule has 1 aromatic carbocycles. The normalized spacial score (nSPS) is 10.5. The highest BCUT2D eigenvalue weighted by atomic mass is 32.2.